The van der Waals surface area contributed by atoms with Crippen LogP contribution in [-0.4, -0.2) is 68.5 Å². The molecule has 0 bridgehead atoms. The molecule has 0 radical (unpaired) electrons. The number of hydrogen-bond acceptors (Lipinski definition) is 7. The molecule has 1 unspecified atom stereocenters. The van der Waals surface area contributed by atoms with Crippen LogP contribution in [0.5, 0.6) is 0 Å². The molecule has 23 heavy (non-hydrogen) atoms. The molecule has 0 aromatic carbocycles. The number of nitrogens with zero attached hydrogens (tertiary/aromatic N) is 1. The van der Waals surface area contributed by atoms with Gasteiger partial charge in [-0.25, -0.2) is 13.2 Å². The lowest BCUT2D eigenvalue weighted by Crippen LogP contribution is -2.44. The molecule has 0 amide bonds. The van der Waals surface area contributed by atoms with Crippen molar-refractivity contribution in [2.24, 2.45) is 0 Å². The first-order chi connectivity index (χ1) is 10.9. The van der Waals surface area contributed by atoms with Gasteiger partial charge in [0.2, 0.25) is 0 Å². The largest absolute Gasteiger partial charge is 0.748 e. The molecule has 0 N–H and O–H groups in total. The van der Waals surface area contributed by atoms with Gasteiger partial charge in [-0.2, -0.15) is 0 Å². The second-order valence-electron chi connectivity index (χ2n) is 5.59. The first-order valence-corrected chi connectivity index (χ1v) is 9.59. The summed E-state index contributed by atoms with van der Waals surface area (Å²) in [5.41, 5.74) is 0. The molecule has 1 heterocycles. The van der Waals surface area contributed by atoms with Gasteiger partial charge in [0.15, 0.2) is 0 Å². The lowest BCUT2D eigenvalue weighted by molar-refractivity contribution is -0.143. The Balaban J connectivity index is 2.48. The van der Waals surface area contributed by atoms with Crippen LogP contribution in [0.25, 0.3) is 0 Å². The van der Waals surface area contributed by atoms with E-state index in [-0.39, 0.29) is 6.54 Å². The minimum absolute atomic E-state index is 0.222. The van der Waals surface area contributed by atoms with Crippen LogP contribution in [0, 0.1) is 0 Å². The van der Waals surface area contributed by atoms with Crippen LogP contribution in [0.4, 0.5) is 0 Å². The van der Waals surface area contributed by atoms with Crippen molar-refractivity contribution in [3.63, 3.8) is 0 Å². The van der Waals surface area contributed by atoms with E-state index in [9.17, 15) is 17.8 Å². The molecule has 0 spiro atoms. The van der Waals surface area contributed by atoms with Crippen molar-refractivity contribution in [2.75, 3.05) is 38.6 Å². The second kappa shape index (κ2) is 10.7. The van der Waals surface area contributed by atoms with E-state index in [0.717, 1.165) is 25.7 Å². The maximum absolute atomic E-state index is 11.8. The molecule has 0 aliphatic carbocycles. The van der Waals surface area contributed by atoms with E-state index in [0.29, 0.717) is 26.3 Å². The van der Waals surface area contributed by atoms with Crippen LogP contribution in [0.3, 0.4) is 0 Å². The molecule has 7 nitrogen and oxygen atoms in total. The van der Waals surface area contributed by atoms with Crippen LogP contribution in [0.15, 0.2) is 12.2 Å². The lowest BCUT2D eigenvalue weighted by Gasteiger charge is -2.30. The summed E-state index contributed by atoms with van der Waals surface area (Å²) >= 11 is 0. The van der Waals surface area contributed by atoms with Gasteiger partial charge in [-0.15, -0.1) is 0 Å². The Bertz CT molecular complexity index is 470. The van der Waals surface area contributed by atoms with E-state index in [4.69, 9.17) is 9.47 Å². The third-order valence-corrected chi connectivity index (χ3v) is 4.25. The molecule has 1 aliphatic heterocycles. The predicted octanol–water partition coefficient (Wildman–Crippen LogP) is 0.912. The molecule has 1 fully saturated rings. The quantitative estimate of drug-likeness (QED) is 0.251. The number of rotatable bonds is 10. The number of carbonyl (C=O) groups excluding carboxylic acids is 1. The molecule has 0 saturated carbocycles. The third kappa shape index (κ3) is 10.4. The smallest absolute Gasteiger partial charge is 0.330 e. The topological polar surface area (TPSA) is 96.0 Å². The van der Waals surface area contributed by atoms with Gasteiger partial charge in [0, 0.05) is 25.7 Å². The minimum atomic E-state index is -4.46. The fourth-order valence-corrected chi connectivity index (χ4v) is 2.95. The Morgan fingerprint density at radius 3 is 2.65 bits per heavy atom. The van der Waals surface area contributed by atoms with Crippen molar-refractivity contribution in [3.05, 3.63) is 12.2 Å². The molecular formula is C15H26NO6S-. The maximum Gasteiger partial charge on any atom is 0.330 e. The van der Waals surface area contributed by atoms with Crippen molar-refractivity contribution in [3.8, 4) is 0 Å². The summed E-state index contributed by atoms with van der Waals surface area (Å²) in [6, 6.07) is 0. The molecule has 1 rings (SSSR count). The van der Waals surface area contributed by atoms with Crippen molar-refractivity contribution in [1.82, 2.24) is 4.90 Å². The fourth-order valence-electron chi connectivity index (χ4n) is 2.32. The van der Waals surface area contributed by atoms with Crippen LogP contribution >= 0.6 is 0 Å². The van der Waals surface area contributed by atoms with E-state index in [1.54, 1.807) is 6.08 Å². The molecule has 134 valence electrons. The number of unbranched alkanes of at least 4 members (excludes halogenated alkanes) is 3. The molecule has 8 heteroatoms. The normalized spacial score (nSPS) is 18.2. The highest BCUT2D eigenvalue weighted by Gasteiger charge is 2.21. The molecule has 0 aromatic heterocycles. The summed E-state index contributed by atoms with van der Waals surface area (Å²) in [5, 5.41) is 0. The Hall–Kier alpha value is -0.960. The number of ether oxygens (including phenoxy) is 2. The van der Waals surface area contributed by atoms with E-state index in [1.807, 2.05) is 4.90 Å². The summed E-state index contributed by atoms with van der Waals surface area (Å²) in [5.74, 6) is -1.32. The van der Waals surface area contributed by atoms with Crippen molar-refractivity contribution >= 4 is 16.1 Å². The van der Waals surface area contributed by atoms with Crippen LogP contribution in [0.1, 0.15) is 32.6 Å². The zero-order chi connectivity index (χ0) is 17.1. The average molecular weight is 348 g/mol. The molecule has 1 atom stereocenters. The highest BCUT2D eigenvalue weighted by molar-refractivity contribution is 7.85. The van der Waals surface area contributed by atoms with Crippen molar-refractivity contribution in [2.45, 2.75) is 38.7 Å². The summed E-state index contributed by atoms with van der Waals surface area (Å²) in [6.07, 6.45) is 6.02. The number of hydrogen-bond donors (Lipinski definition) is 0. The van der Waals surface area contributed by atoms with Gasteiger partial charge in [0.1, 0.15) is 6.10 Å². The Kier molecular flexibility index (Phi) is 9.39. The first kappa shape index (κ1) is 20.1. The SMILES string of the molecule is CCCCC/C=C/C(=O)OC(CN1CCOCC1)CS(=O)(=O)[O-]. The summed E-state index contributed by atoms with van der Waals surface area (Å²) < 4.78 is 43.3. The number of allylic oxidation sites excluding steroid dienone is 1. The van der Waals surface area contributed by atoms with Crippen LogP contribution < -0.4 is 0 Å². The highest BCUT2D eigenvalue weighted by atomic mass is 32.2. The highest BCUT2D eigenvalue weighted by Crippen LogP contribution is 2.06. The molecule has 1 saturated heterocycles. The zero-order valence-electron chi connectivity index (χ0n) is 13.6. The number of carbonyl (C=O) groups is 1. The minimum Gasteiger partial charge on any atom is -0.748 e. The fraction of sp³-hybridized carbons (Fsp3) is 0.800. The van der Waals surface area contributed by atoms with Gasteiger partial charge in [-0.3, -0.25) is 4.90 Å². The van der Waals surface area contributed by atoms with E-state index in [2.05, 4.69) is 6.92 Å². The second-order valence-corrected chi connectivity index (χ2v) is 7.04. The first-order valence-electron chi connectivity index (χ1n) is 8.01. The Morgan fingerprint density at radius 2 is 2.04 bits per heavy atom. The summed E-state index contributed by atoms with van der Waals surface area (Å²) in [7, 11) is -4.46. The molecule has 1 aliphatic rings. The van der Waals surface area contributed by atoms with Gasteiger partial charge >= 0.3 is 5.97 Å². The monoisotopic (exact) mass is 348 g/mol. The standard InChI is InChI=1S/C15H27NO6S/c1-2-3-4-5-6-7-15(17)22-14(13-23(18,19)20)12-16-8-10-21-11-9-16/h6-7,14H,2-5,8-13H2,1H3,(H,18,19,20)/p-1/b7-6+. The van der Waals surface area contributed by atoms with Gasteiger partial charge < -0.3 is 14.0 Å². The number of morpholine rings is 1. The Labute approximate surface area is 138 Å². The lowest BCUT2D eigenvalue weighted by atomic mass is 10.2. The summed E-state index contributed by atoms with van der Waals surface area (Å²) in [4.78, 5) is 13.7. The predicted molar refractivity (Wildman–Crippen MR) is 85.0 cm³/mol. The van der Waals surface area contributed by atoms with Crippen LogP contribution in [0.2, 0.25) is 0 Å². The van der Waals surface area contributed by atoms with E-state index < -0.39 is 27.9 Å². The van der Waals surface area contributed by atoms with Gasteiger partial charge in [0.05, 0.1) is 29.1 Å². The number of esters is 1. The van der Waals surface area contributed by atoms with Gasteiger partial charge in [-0.1, -0.05) is 25.8 Å². The van der Waals surface area contributed by atoms with Crippen molar-refractivity contribution < 1.29 is 27.2 Å². The Morgan fingerprint density at radius 1 is 1.35 bits per heavy atom. The van der Waals surface area contributed by atoms with Gasteiger partial charge in [0.25, 0.3) is 0 Å². The third-order valence-electron chi connectivity index (χ3n) is 3.47. The summed E-state index contributed by atoms with van der Waals surface area (Å²) in [6.45, 7) is 4.65. The molecular weight excluding hydrogens is 322 g/mol. The molecule has 0 aromatic rings. The van der Waals surface area contributed by atoms with Crippen molar-refractivity contribution in [1.29, 1.82) is 0 Å². The zero-order valence-corrected chi connectivity index (χ0v) is 14.4. The van der Waals surface area contributed by atoms with Gasteiger partial charge in [-0.05, 0) is 12.8 Å². The van der Waals surface area contributed by atoms with E-state index in [1.165, 1.54) is 6.08 Å². The average Bonchev–Trinajstić information content (AvgIpc) is 2.46. The van der Waals surface area contributed by atoms with Crippen LogP contribution in [-0.2, 0) is 24.4 Å². The van der Waals surface area contributed by atoms with E-state index >= 15 is 0 Å². The maximum atomic E-state index is 11.8.